The van der Waals surface area contributed by atoms with E-state index in [1.807, 2.05) is 12.3 Å². The lowest BCUT2D eigenvalue weighted by Crippen LogP contribution is -2.28. The molecule has 0 fully saturated rings. The number of hydrogen-bond acceptors (Lipinski definition) is 1. The molecule has 1 aromatic carbocycles. The lowest BCUT2D eigenvalue weighted by Gasteiger charge is -2.35. The van der Waals surface area contributed by atoms with Gasteiger partial charge in [-0.2, -0.15) is 0 Å². The zero-order valence-corrected chi connectivity index (χ0v) is 14.1. The summed E-state index contributed by atoms with van der Waals surface area (Å²) in [6.45, 7) is 6.61. The summed E-state index contributed by atoms with van der Waals surface area (Å²) in [6, 6.07) is 11.6. The van der Waals surface area contributed by atoms with E-state index in [4.69, 9.17) is 0 Å². The highest BCUT2D eigenvalue weighted by Gasteiger charge is 2.31. The number of hydrogen-bond donors (Lipinski definition) is 0. The highest BCUT2D eigenvalue weighted by molar-refractivity contribution is 9.10. The number of nitrogens with zero attached hydrogens (tertiary/aromatic N) is 1. The first kappa shape index (κ1) is 14.3. The lowest BCUT2D eigenvalue weighted by atomic mass is 9.72. The Kier molecular flexibility index (Phi) is 3.40. The van der Waals surface area contributed by atoms with Crippen molar-refractivity contribution in [1.82, 2.24) is 4.57 Å². The van der Waals surface area contributed by atoms with E-state index in [0.717, 1.165) is 22.2 Å². The fraction of sp³-hybridized carbons (Fsp3) is 0.278. The van der Waals surface area contributed by atoms with Crippen molar-refractivity contribution in [1.29, 1.82) is 0 Å². The second kappa shape index (κ2) is 4.99. The highest BCUT2D eigenvalue weighted by Crippen LogP contribution is 2.43. The van der Waals surface area contributed by atoms with Gasteiger partial charge < -0.3 is 0 Å². The maximum Gasteiger partial charge on any atom is 0.255 e. The topological polar surface area (TPSA) is 22.0 Å². The number of allylic oxidation sites excluding steroid dienone is 1. The van der Waals surface area contributed by atoms with Gasteiger partial charge in [0.25, 0.3) is 5.56 Å². The molecule has 0 unspecified atom stereocenters. The Morgan fingerprint density at radius 2 is 1.95 bits per heavy atom. The largest absolute Gasteiger partial charge is 0.284 e. The van der Waals surface area contributed by atoms with Crippen LogP contribution in [-0.4, -0.2) is 4.57 Å². The molecule has 1 heterocycles. The predicted octanol–water partition coefficient (Wildman–Crippen LogP) is 4.47. The van der Waals surface area contributed by atoms with E-state index in [-0.39, 0.29) is 11.0 Å². The fourth-order valence-corrected chi connectivity index (χ4v) is 3.34. The molecule has 0 radical (unpaired) electrons. The molecule has 3 rings (SSSR count). The Morgan fingerprint density at radius 1 is 1.19 bits per heavy atom. The van der Waals surface area contributed by atoms with Crippen LogP contribution in [0.5, 0.6) is 0 Å². The zero-order valence-electron chi connectivity index (χ0n) is 12.5. The number of rotatable bonds is 1. The van der Waals surface area contributed by atoms with Crippen LogP contribution in [0.2, 0.25) is 0 Å². The van der Waals surface area contributed by atoms with E-state index in [0.29, 0.717) is 0 Å². The van der Waals surface area contributed by atoms with Crippen LogP contribution >= 0.6 is 15.9 Å². The number of halogens is 1. The second-order valence-electron chi connectivity index (χ2n) is 6.24. The molecular weight excluding hydrogens is 326 g/mol. The first-order valence-corrected chi connectivity index (χ1v) is 7.88. The Hall–Kier alpha value is -1.61. The third kappa shape index (κ3) is 2.40. The van der Waals surface area contributed by atoms with Gasteiger partial charge in [-0.1, -0.05) is 41.9 Å². The summed E-state index contributed by atoms with van der Waals surface area (Å²) < 4.78 is 2.80. The minimum Gasteiger partial charge on any atom is -0.284 e. The van der Waals surface area contributed by atoms with Gasteiger partial charge in [-0.25, -0.2) is 0 Å². The van der Waals surface area contributed by atoms with Crippen LogP contribution in [0.1, 0.15) is 31.9 Å². The van der Waals surface area contributed by atoms with Gasteiger partial charge in [0.2, 0.25) is 0 Å². The molecule has 0 saturated heterocycles. The number of aromatic nitrogens is 1. The van der Waals surface area contributed by atoms with Crippen molar-refractivity contribution < 1.29 is 0 Å². The summed E-state index contributed by atoms with van der Waals surface area (Å²) in [5.41, 5.74) is 4.77. The molecule has 2 nitrogen and oxygen atoms in total. The highest BCUT2D eigenvalue weighted by atomic mass is 79.9. The number of pyridine rings is 1. The molecule has 2 aromatic rings. The maximum absolute atomic E-state index is 12.3. The Labute approximate surface area is 133 Å². The van der Waals surface area contributed by atoms with Crippen molar-refractivity contribution in [3.05, 3.63) is 74.1 Å². The summed E-state index contributed by atoms with van der Waals surface area (Å²) in [5.74, 6) is 0. The molecule has 0 N–H and O–H groups in total. The summed E-state index contributed by atoms with van der Waals surface area (Å²) in [7, 11) is 0. The average molecular weight is 344 g/mol. The van der Waals surface area contributed by atoms with E-state index in [9.17, 15) is 4.79 Å². The molecule has 21 heavy (non-hydrogen) atoms. The average Bonchev–Trinajstić information content (AvgIpc) is 2.42. The standard InChI is InChI=1S/C18H18BrNO/c1-12-17(20-9-5-4-6-16(20)21)15-10-14(19)8-7-13(15)11-18(12,2)3/h4-10H,11H2,1-3H3. The van der Waals surface area contributed by atoms with Crippen molar-refractivity contribution in [3.63, 3.8) is 0 Å². The molecule has 1 aliphatic rings. The zero-order chi connectivity index (χ0) is 15.2. The monoisotopic (exact) mass is 343 g/mol. The van der Waals surface area contributed by atoms with Gasteiger partial charge in [0.15, 0.2) is 0 Å². The molecule has 0 bridgehead atoms. The lowest BCUT2D eigenvalue weighted by molar-refractivity contribution is 0.435. The van der Waals surface area contributed by atoms with Crippen LogP contribution in [0.25, 0.3) is 5.70 Å². The normalized spacial score (nSPS) is 16.8. The van der Waals surface area contributed by atoms with Crippen molar-refractivity contribution in [2.24, 2.45) is 5.41 Å². The SMILES string of the molecule is CC1=C(n2ccccc2=O)c2cc(Br)ccc2CC1(C)C. The van der Waals surface area contributed by atoms with Crippen LogP contribution in [-0.2, 0) is 6.42 Å². The van der Waals surface area contributed by atoms with Crippen LogP contribution in [0.4, 0.5) is 0 Å². The molecule has 0 spiro atoms. The van der Waals surface area contributed by atoms with Crippen LogP contribution in [0.15, 0.2) is 57.4 Å². The maximum atomic E-state index is 12.3. The molecule has 1 aromatic heterocycles. The smallest absolute Gasteiger partial charge is 0.255 e. The fourth-order valence-electron chi connectivity index (χ4n) is 2.98. The van der Waals surface area contributed by atoms with Gasteiger partial charge in [-0.15, -0.1) is 0 Å². The van der Waals surface area contributed by atoms with Gasteiger partial charge in [0, 0.05) is 22.3 Å². The Morgan fingerprint density at radius 3 is 2.67 bits per heavy atom. The molecule has 0 amide bonds. The van der Waals surface area contributed by atoms with Gasteiger partial charge in [0.05, 0.1) is 5.70 Å². The van der Waals surface area contributed by atoms with Gasteiger partial charge in [-0.05, 0) is 48.1 Å². The summed E-state index contributed by atoms with van der Waals surface area (Å²) in [6.07, 6.45) is 2.85. The van der Waals surface area contributed by atoms with Crippen LogP contribution in [0, 0.1) is 5.41 Å². The minimum atomic E-state index is 0.00970. The van der Waals surface area contributed by atoms with Gasteiger partial charge >= 0.3 is 0 Å². The van der Waals surface area contributed by atoms with E-state index in [2.05, 4.69) is 54.9 Å². The molecule has 3 heteroatoms. The van der Waals surface area contributed by atoms with Gasteiger partial charge in [0.1, 0.15) is 0 Å². The first-order valence-electron chi connectivity index (χ1n) is 7.08. The molecular formula is C18H18BrNO. The van der Waals surface area contributed by atoms with Crippen molar-refractivity contribution in [2.75, 3.05) is 0 Å². The van der Waals surface area contributed by atoms with E-state index in [1.54, 1.807) is 16.7 Å². The third-order valence-electron chi connectivity index (χ3n) is 4.39. The second-order valence-corrected chi connectivity index (χ2v) is 7.16. The molecule has 1 aliphatic carbocycles. The van der Waals surface area contributed by atoms with E-state index in [1.165, 1.54) is 11.1 Å². The molecule has 108 valence electrons. The molecule has 0 aliphatic heterocycles. The van der Waals surface area contributed by atoms with Crippen LogP contribution < -0.4 is 5.56 Å². The Bertz CT molecular complexity index is 799. The summed E-state index contributed by atoms with van der Waals surface area (Å²) >= 11 is 3.55. The van der Waals surface area contributed by atoms with Gasteiger partial charge in [-0.3, -0.25) is 9.36 Å². The molecule has 0 atom stereocenters. The number of fused-ring (bicyclic) bond motifs is 1. The quantitative estimate of drug-likeness (QED) is 0.748. The molecule has 0 saturated carbocycles. The van der Waals surface area contributed by atoms with Crippen molar-refractivity contribution in [2.45, 2.75) is 27.2 Å². The van der Waals surface area contributed by atoms with E-state index < -0.39 is 0 Å². The van der Waals surface area contributed by atoms with E-state index >= 15 is 0 Å². The summed E-state index contributed by atoms with van der Waals surface area (Å²) in [4.78, 5) is 12.3. The summed E-state index contributed by atoms with van der Waals surface area (Å²) in [5, 5.41) is 0. The Balaban J connectivity index is 2.37. The van der Waals surface area contributed by atoms with Crippen molar-refractivity contribution >= 4 is 21.6 Å². The minimum absolute atomic E-state index is 0.00970. The third-order valence-corrected chi connectivity index (χ3v) is 4.89. The predicted molar refractivity (Wildman–Crippen MR) is 90.3 cm³/mol. The van der Waals surface area contributed by atoms with Crippen LogP contribution in [0.3, 0.4) is 0 Å². The number of benzene rings is 1. The first-order chi connectivity index (χ1) is 9.90. The van der Waals surface area contributed by atoms with Crippen molar-refractivity contribution in [3.8, 4) is 0 Å².